The molecule has 2 aromatic rings. The van der Waals surface area contributed by atoms with Crippen molar-refractivity contribution in [2.75, 3.05) is 19.0 Å². The zero-order valence-corrected chi connectivity index (χ0v) is 15.0. The van der Waals surface area contributed by atoms with Gasteiger partial charge < -0.3 is 10.2 Å². The molecule has 0 fully saturated rings. The summed E-state index contributed by atoms with van der Waals surface area (Å²) in [6, 6.07) is 6.30. The second-order valence-electron chi connectivity index (χ2n) is 5.66. The average molecular weight is 386 g/mol. The minimum Gasteiger partial charge on any atom is -0.348 e. The quantitative estimate of drug-likeness (QED) is 0.773. The minimum atomic E-state index is -4.35. The number of halogens is 3. The lowest BCUT2D eigenvalue weighted by molar-refractivity contribution is -0.0328. The van der Waals surface area contributed by atoms with Crippen molar-refractivity contribution in [3.8, 4) is 0 Å². The summed E-state index contributed by atoms with van der Waals surface area (Å²) in [4.78, 5) is 32.1. The predicted octanol–water partition coefficient (Wildman–Crippen LogP) is 2.94. The number of benzene rings is 1. The molecule has 1 aromatic carbocycles. The smallest absolute Gasteiger partial charge is 0.348 e. The van der Waals surface area contributed by atoms with E-state index in [1.165, 1.54) is 24.3 Å². The van der Waals surface area contributed by atoms with Crippen molar-refractivity contribution < 1.29 is 18.0 Å². The first-order chi connectivity index (χ1) is 12.0. The fraction of sp³-hybridized carbons (Fsp3) is 0.312. The fourth-order valence-corrected chi connectivity index (χ4v) is 2.62. The number of hydrogen-bond donors (Lipinski definition) is 2. The van der Waals surface area contributed by atoms with Gasteiger partial charge in [0, 0.05) is 25.1 Å². The molecule has 1 atom stereocenters. The summed E-state index contributed by atoms with van der Waals surface area (Å²) < 4.78 is 37.0. The molecule has 0 radical (unpaired) electrons. The van der Waals surface area contributed by atoms with E-state index >= 15 is 0 Å². The van der Waals surface area contributed by atoms with Crippen LogP contribution in [0.5, 0.6) is 0 Å². The number of H-pyrrole nitrogens is 1. The molecule has 1 aromatic heterocycles. The van der Waals surface area contributed by atoms with E-state index in [2.05, 4.69) is 15.3 Å². The Kier molecular flexibility index (Phi) is 5.96. The third kappa shape index (κ3) is 5.51. The van der Waals surface area contributed by atoms with E-state index in [0.717, 1.165) is 6.07 Å². The number of alkyl halides is 3. The van der Waals surface area contributed by atoms with E-state index in [1.807, 2.05) is 0 Å². The molecule has 0 bridgehead atoms. The number of carbonyl (C=O) groups is 1. The van der Waals surface area contributed by atoms with Crippen LogP contribution in [-0.2, 0) is 0 Å². The van der Waals surface area contributed by atoms with Gasteiger partial charge in [-0.2, -0.15) is 13.2 Å². The maximum Gasteiger partial charge on any atom is 0.446 e. The Labute approximate surface area is 151 Å². The lowest BCUT2D eigenvalue weighted by Crippen LogP contribution is -2.30. The van der Waals surface area contributed by atoms with Crippen LogP contribution in [0.4, 0.5) is 19.1 Å². The Hall–Kier alpha value is -2.49. The van der Waals surface area contributed by atoms with Crippen LogP contribution >= 0.6 is 11.8 Å². The Bertz CT molecular complexity index is 835. The molecule has 2 rings (SSSR count). The molecule has 2 N–H and O–H groups in total. The maximum atomic E-state index is 12.3. The molecule has 1 amide bonds. The zero-order valence-electron chi connectivity index (χ0n) is 14.2. The summed E-state index contributed by atoms with van der Waals surface area (Å²) in [6.45, 7) is 1.68. The molecular formula is C16H17F3N4O2S. The molecule has 6 nitrogen and oxygen atoms in total. The molecule has 0 aliphatic heterocycles. The van der Waals surface area contributed by atoms with Crippen LogP contribution in [0.15, 0.2) is 40.0 Å². The highest BCUT2D eigenvalue weighted by molar-refractivity contribution is 8.00. The van der Waals surface area contributed by atoms with E-state index < -0.39 is 23.0 Å². The molecule has 0 saturated carbocycles. The van der Waals surface area contributed by atoms with Gasteiger partial charge in [-0.15, -0.1) is 0 Å². The molecule has 0 aliphatic rings. The number of aromatic amines is 1. The number of carbonyl (C=O) groups excluding carboxylic acids is 1. The first-order valence-electron chi connectivity index (χ1n) is 7.50. The zero-order chi connectivity index (χ0) is 19.5. The summed E-state index contributed by atoms with van der Waals surface area (Å²) in [6.07, 6.45) is 0. The number of thioether (sulfide) groups is 1. The van der Waals surface area contributed by atoms with Crippen LogP contribution in [0.1, 0.15) is 29.0 Å². The molecule has 140 valence electrons. The number of nitrogens with one attached hydrogen (secondary N) is 2. The normalized spacial score (nSPS) is 12.5. The molecule has 0 spiro atoms. The number of anilines is 1. The predicted molar refractivity (Wildman–Crippen MR) is 93.4 cm³/mol. The van der Waals surface area contributed by atoms with Crippen LogP contribution < -0.4 is 15.8 Å². The summed E-state index contributed by atoms with van der Waals surface area (Å²) in [5.41, 5.74) is -4.23. The monoisotopic (exact) mass is 386 g/mol. The van der Waals surface area contributed by atoms with Gasteiger partial charge in [0.1, 0.15) is 5.69 Å². The third-order valence-corrected chi connectivity index (χ3v) is 4.09. The molecule has 0 saturated heterocycles. The number of aromatic nitrogens is 2. The number of hydrogen-bond acceptors (Lipinski definition) is 5. The lowest BCUT2D eigenvalue weighted by Gasteiger charge is -2.16. The van der Waals surface area contributed by atoms with E-state index in [1.54, 1.807) is 25.9 Å². The SMILES string of the molecule is C[C@@H](NC(=O)c1cc(=O)[nH]c(N(C)C)n1)c1ccc(SC(F)(F)F)cc1. The van der Waals surface area contributed by atoms with Gasteiger partial charge in [0.05, 0.1) is 6.04 Å². The van der Waals surface area contributed by atoms with Gasteiger partial charge >= 0.3 is 5.51 Å². The van der Waals surface area contributed by atoms with E-state index in [-0.39, 0.29) is 28.3 Å². The number of nitrogens with zero attached hydrogens (tertiary/aromatic N) is 2. The highest BCUT2D eigenvalue weighted by atomic mass is 32.2. The number of amides is 1. The largest absolute Gasteiger partial charge is 0.446 e. The van der Waals surface area contributed by atoms with Gasteiger partial charge in [-0.05, 0) is 36.4 Å². The van der Waals surface area contributed by atoms with Crippen LogP contribution in [0, 0.1) is 0 Å². The van der Waals surface area contributed by atoms with Crippen molar-refractivity contribution in [1.29, 1.82) is 0 Å². The van der Waals surface area contributed by atoms with Crippen LogP contribution in [0.25, 0.3) is 0 Å². The van der Waals surface area contributed by atoms with Crippen LogP contribution in [0.2, 0.25) is 0 Å². The first kappa shape index (κ1) is 19.8. The van der Waals surface area contributed by atoms with Crippen molar-refractivity contribution in [3.63, 3.8) is 0 Å². The standard InChI is InChI=1S/C16H17F3N4O2S/c1-9(10-4-6-11(7-5-10)26-16(17,18)19)20-14(25)12-8-13(24)22-15(21-12)23(2)3/h4-9H,1-3H3,(H,20,25)(H,21,22,24)/t9-/m1/s1. The van der Waals surface area contributed by atoms with Crippen LogP contribution in [0.3, 0.4) is 0 Å². The lowest BCUT2D eigenvalue weighted by atomic mass is 10.1. The van der Waals surface area contributed by atoms with Gasteiger partial charge in [0.2, 0.25) is 5.95 Å². The van der Waals surface area contributed by atoms with Gasteiger partial charge in [0.25, 0.3) is 11.5 Å². The van der Waals surface area contributed by atoms with Gasteiger partial charge in [0.15, 0.2) is 0 Å². The molecule has 1 heterocycles. The van der Waals surface area contributed by atoms with Crippen molar-refractivity contribution in [3.05, 3.63) is 51.9 Å². The van der Waals surface area contributed by atoms with Gasteiger partial charge in [-0.1, -0.05) is 12.1 Å². The molecule has 0 aliphatic carbocycles. The maximum absolute atomic E-state index is 12.3. The topological polar surface area (TPSA) is 78.1 Å². The summed E-state index contributed by atoms with van der Waals surface area (Å²) in [7, 11) is 3.34. The molecule has 10 heteroatoms. The first-order valence-corrected chi connectivity index (χ1v) is 8.32. The van der Waals surface area contributed by atoms with Crippen molar-refractivity contribution in [2.45, 2.75) is 23.4 Å². The van der Waals surface area contributed by atoms with Crippen molar-refractivity contribution in [1.82, 2.24) is 15.3 Å². The number of rotatable bonds is 5. The van der Waals surface area contributed by atoms with Crippen LogP contribution in [-0.4, -0.2) is 35.5 Å². The average Bonchev–Trinajstić information content (AvgIpc) is 2.53. The Morgan fingerprint density at radius 1 is 1.27 bits per heavy atom. The Balaban J connectivity index is 2.11. The van der Waals surface area contributed by atoms with Gasteiger partial charge in [-0.3, -0.25) is 14.6 Å². The van der Waals surface area contributed by atoms with Crippen molar-refractivity contribution in [2.24, 2.45) is 0 Å². The second-order valence-corrected chi connectivity index (χ2v) is 6.80. The van der Waals surface area contributed by atoms with E-state index in [9.17, 15) is 22.8 Å². The molecule has 26 heavy (non-hydrogen) atoms. The summed E-state index contributed by atoms with van der Waals surface area (Å²) >= 11 is -0.202. The van der Waals surface area contributed by atoms with Crippen molar-refractivity contribution >= 4 is 23.6 Å². The van der Waals surface area contributed by atoms with Gasteiger partial charge in [-0.25, -0.2) is 4.98 Å². The fourth-order valence-electron chi connectivity index (χ4n) is 2.08. The summed E-state index contributed by atoms with van der Waals surface area (Å²) in [5.74, 6) is -0.315. The second kappa shape index (κ2) is 7.81. The highest BCUT2D eigenvalue weighted by Crippen LogP contribution is 2.37. The Morgan fingerprint density at radius 3 is 2.42 bits per heavy atom. The van der Waals surface area contributed by atoms with E-state index in [0.29, 0.717) is 5.56 Å². The highest BCUT2D eigenvalue weighted by Gasteiger charge is 2.29. The van der Waals surface area contributed by atoms with E-state index in [4.69, 9.17) is 0 Å². The Morgan fingerprint density at radius 2 is 1.88 bits per heavy atom. The molecule has 0 unspecified atom stereocenters. The third-order valence-electron chi connectivity index (χ3n) is 3.35. The minimum absolute atomic E-state index is 0.0476. The molecular weight excluding hydrogens is 369 g/mol. The summed E-state index contributed by atoms with van der Waals surface area (Å²) in [5, 5.41) is 2.67.